The van der Waals surface area contributed by atoms with Crippen molar-refractivity contribution in [3.05, 3.63) is 35.4 Å². The zero-order valence-corrected chi connectivity index (χ0v) is 11.4. The van der Waals surface area contributed by atoms with Crippen LogP contribution in [0.5, 0.6) is 0 Å². The standard InChI is InChI=1S/C15H22N2O/c1-15(2,3)13(16)14(18)17-12-9-8-10-6-4-5-7-11(10)12/h4-7,12-13H,8-9,16H2,1-3H3,(H,17,18)/t12-,13-/m1/s1. The maximum Gasteiger partial charge on any atom is 0.237 e. The molecule has 1 aliphatic carbocycles. The normalized spacial score (nSPS) is 20.3. The average Bonchev–Trinajstić information content (AvgIpc) is 2.70. The molecule has 98 valence electrons. The number of carbonyl (C=O) groups is 1. The molecule has 2 rings (SSSR count). The minimum atomic E-state index is -0.467. The van der Waals surface area contributed by atoms with Crippen molar-refractivity contribution in [2.75, 3.05) is 0 Å². The molecule has 0 bridgehead atoms. The summed E-state index contributed by atoms with van der Waals surface area (Å²) in [6.07, 6.45) is 2.01. The van der Waals surface area contributed by atoms with Crippen LogP contribution in [0.15, 0.2) is 24.3 Å². The fourth-order valence-corrected chi connectivity index (χ4v) is 2.36. The molecule has 3 nitrogen and oxygen atoms in total. The molecule has 0 saturated heterocycles. The van der Waals surface area contributed by atoms with Crippen molar-refractivity contribution in [2.24, 2.45) is 11.1 Å². The van der Waals surface area contributed by atoms with Gasteiger partial charge in [-0.2, -0.15) is 0 Å². The molecule has 3 heteroatoms. The van der Waals surface area contributed by atoms with Gasteiger partial charge in [0.15, 0.2) is 0 Å². The second-order valence-electron chi connectivity index (χ2n) is 6.14. The Labute approximate surface area is 109 Å². The van der Waals surface area contributed by atoms with Crippen LogP contribution in [0.3, 0.4) is 0 Å². The van der Waals surface area contributed by atoms with E-state index in [2.05, 4.69) is 17.4 Å². The van der Waals surface area contributed by atoms with E-state index < -0.39 is 6.04 Å². The van der Waals surface area contributed by atoms with E-state index in [0.29, 0.717) is 0 Å². The second kappa shape index (κ2) is 4.73. The molecule has 0 radical (unpaired) electrons. The Hall–Kier alpha value is -1.35. The van der Waals surface area contributed by atoms with Crippen LogP contribution in [0.2, 0.25) is 0 Å². The van der Waals surface area contributed by atoms with E-state index in [1.807, 2.05) is 32.9 Å². The maximum absolute atomic E-state index is 12.1. The third-order valence-corrected chi connectivity index (χ3v) is 3.66. The van der Waals surface area contributed by atoms with Crippen molar-refractivity contribution in [2.45, 2.75) is 45.7 Å². The summed E-state index contributed by atoms with van der Waals surface area (Å²) in [5.74, 6) is -0.0517. The molecule has 2 atom stereocenters. The quantitative estimate of drug-likeness (QED) is 0.840. The van der Waals surface area contributed by atoms with Crippen LogP contribution in [-0.4, -0.2) is 11.9 Å². The maximum atomic E-state index is 12.1. The molecule has 3 N–H and O–H groups in total. The summed E-state index contributed by atoms with van der Waals surface area (Å²) in [4.78, 5) is 12.1. The van der Waals surface area contributed by atoms with Crippen LogP contribution in [0.4, 0.5) is 0 Å². The van der Waals surface area contributed by atoms with E-state index in [1.54, 1.807) is 0 Å². The Morgan fingerprint density at radius 1 is 1.39 bits per heavy atom. The van der Waals surface area contributed by atoms with Gasteiger partial charge in [0.2, 0.25) is 5.91 Å². The van der Waals surface area contributed by atoms with E-state index in [9.17, 15) is 4.79 Å². The van der Waals surface area contributed by atoms with E-state index in [1.165, 1.54) is 11.1 Å². The van der Waals surface area contributed by atoms with Crippen LogP contribution in [-0.2, 0) is 11.2 Å². The molecule has 0 saturated carbocycles. The lowest BCUT2D eigenvalue weighted by molar-refractivity contribution is -0.125. The minimum absolute atomic E-state index is 0.0517. The summed E-state index contributed by atoms with van der Waals surface area (Å²) in [7, 11) is 0. The lowest BCUT2D eigenvalue weighted by atomic mass is 9.86. The number of rotatable bonds is 2. The Morgan fingerprint density at radius 3 is 2.72 bits per heavy atom. The highest BCUT2D eigenvalue weighted by Gasteiger charge is 2.30. The van der Waals surface area contributed by atoms with Gasteiger partial charge in [-0.3, -0.25) is 4.79 Å². The average molecular weight is 246 g/mol. The number of benzene rings is 1. The number of fused-ring (bicyclic) bond motifs is 1. The first kappa shape index (κ1) is 13.1. The van der Waals surface area contributed by atoms with Crippen molar-refractivity contribution >= 4 is 5.91 Å². The third-order valence-electron chi connectivity index (χ3n) is 3.66. The summed E-state index contributed by atoms with van der Waals surface area (Å²) in [6.45, 7) is 5.96. The number of hydrogen-bond donors (Lipinski definition) is 2. The summed E-state index contributed by atoms with van der Waals surface area (Å²) in [5.41, 5.74) is 8.36. The van der Waals surface area contributed by atoms with Gasteiger partial charge in [-0.25, -0.2) is 0 Å². The Morgan fingerprint density at radius 2 is 2.06 bits per heavy atom. The van der Waals surface area contributed by atoms with Gasteiger partial charge in [0, 0.05) is 0 Å². The van der Waals surface area contributed by atoms with Crippen LogP contribution >= 0.6 is 0 Å². The number of aryl methyl sites for hydroxylation is 1. The Bertz CT molecular complexity index is 448. The molecule has 1 aromatic rings. The number of carbonyl (C=O) groups excluding carboxylic acids is 1. The fourth-order valence-electron chi connectivity index (χ4n) is 2.36. The first-order chi connectivity index (χ1) is 8.39. The molecule has 0 spiro atoms. The molecule has 18 heavy (non-hydrogen) atoms. The largest absolute Gasteiger partial charge is 0.348 e. The van der Waals surface area contributed by atoms with Crippen LogP contribution < -0.4 is 11.1 Å². The van der Waals surface area contributed by atoms with Gasteiger partial charge in [0.25, 0.3) is 0 Å². The van der Waals surface area contributed by atoms with E-state index in [-0.39, 0.29) is 17.4 Å². The van der Waals surface area contributed by atoms with Crippen molar-refractivity contribution in [1.29, 1.82) is 0 Å². The number of hydrogen-bond acceptors (Lipinski definition) is 2. The molecule has 0 heterocycles. The zero-order valence-electron chi connectivity index (χ0n) is 11.4. The van der Waals surface area contributed by atoms with Gasteiger partial charge < -0.3 is 11.1 Å². The number of nitrogens with two attached hydrogens (primary N) is 1. The second-order valence-corrected chi connectivity index (χ2v) is 6.14. The monoisotopic (exact) mass is 246 g/mol. The van der Waals surface area contributed by atoms with Gasteiger partial charge in [-0.05, 0) is 29.4 Å². The minimum Gasteiger partial charge on any atom is -0.348 e. The Balaban J connectivity index is 2.06. The smallest absolute Gasteiger partial charge is 0.237 e. The van der Waals surface area contributed by atoms with E-state index in [0.717, 1.165) is 12.8 Å². The van der Waals surface area contributed by atoms with Crippen LogP contribution in [0.1, 0.15) is 44.4 Å². The predicted octanol–water partition coefficient (Wildman–Crippen LogP) is 2.16. The van der Waals surface area contributed by atoms with Gasteiger partial charge in [-0.15, -0.1) is 0 Å². The fraction of sp³-hybridized carbons (Fsp3) is 0.533. The van der Waals surface area contributed by atoms with Gasteiger partial charge >= 0.3 is 0 Å². The summed E-state index contributed by atoms with van der Waals surface area (Å²) < 4.78 is 0. The van der Waals surface area contributed by atoms with E-state index >= 15 is 0 Å². The number of amides is 1. The summed E-state index contributed by atoms with van der Waals surface area (Å²) in [6, 6.07) is 7.95. The molecule has 1 aromatic carbocycles. The SMILES string of the molecule is CC(C)(C)[C@H](N)C(=O)N[C@@H]1CCc2ccccc21. The van der Waals surface area contributed by atoms with Crippen molar-refractivity contribution in [3.63, 3.8) is 0 Å². The highest BCUT2D eigenvalue weighted by molar-refractivity contribution is 5.82. The first-order valence-corrected chi connectivity index (χ1v) is 6.53. The van der Waals surface area contributed by atoms with Crippen LogP contribution in [0.25, 0.3) is 0 Å². The highest BCUT2D eigenvalue weighted by Crippen LogP contribution is 2.31. The highest BCUT2D eigenvalue weighted by atomic mass is 16.2. The number of nitrogens with one attached hydrogen (secondary N) is 1. The summed E-state index contributed by atoms with van der Waals surface area (Å²) >= 11 is 0. The molecule has 1 aliphatic rings. The van der Waals surface area contributed by atoms with Crippen molar-refractivity contribution in [3.8, 4) is 0 Å². The lowest BCUT2D eigenvalue weighted by Gasteiger charge is -2.27. The first-order valence-electron chi connectivity index (χ1n) is 6.53. The van der Waals surface area contributed by atoms with Crippen molar-refractivity contribution in [1.82, 2.24) is 5.32 Å². The lowest BCUT2D eigenvalue weighted by Crippen LogP contribution is -2.49. The molecular formula is C15H22N2O. The van der Waals surface area contributed by atoms with Gasteiger partial charge in [0.05, 0.1) is 12.1 Å². The molecule has 0 aliphatic heterocycles. The zero-order chi connectivity index (χ0) is 13.3. The third kappa shape index (κ3) is 2.56. The molecule has 0 fully saturated rings. The Kier molecular flexibility index (Phi) is 3.44. The molecule has 0 aromatic heterocycles. The van der Waals surface area contributed by atoms with Gasteiger partial charge in [0.1, 0.15) is 0 Å². The molecular weight excluding hydrogens is 224 g/mol. The predicted molar refractivity (Wildman–Crippen MR) is 73.1 cm³/mol. The molecule has 0 unspecified atom stereocenters. The van der Waals surface area contributed by atoms with Crippen LogP contribution in [0, 0.1) is 5.41 Å². The molecule has 1 amide bonds. The van der Waals surface area contributed by atoms with E-state index in [4.69, 9.17) is 5.73 Å². The van der Waals surface area contributed by atoms with Gasteiger partial charge in [-0.1, -0.05) is 45.0 Å². The van der Waals surface area contributed by atoms with Crippen molar-refractivity contribution < 1.29 is 4.79 Å². The topological polar surface area (TPSA) is 55.1 Å². The summed E-state index contributed by atoms with van der Waals surface area (Å²) in [5, 5.41) is 3.08.